The molecule has 0 radical (unpaired) electrons. The number of benzene rings is 7. The topological polar surface area (TPSA) is 54.8 Å². The molecule has 0 saturated carbocycles. The number of nitrogens with one attached hydrogen (secondary N) is 1. The number of hydrogen-bond acceptors (Lipinski definition) is 4. The summed E-state index contributed by atoms with van der Waals surface area (Å²) < 4.78 is 9.16. The first-order valence-corrected chi connectivity index (χ1v) is 20.1. The fraction of sp³-hybridized carbons (Fsp3) is 0.0741. The van der Waals surface area contributed by atoms with Crippen molar-refractivity contribution in [2.45, 2.75) is 26.2 Å². The van der Waals surface area contributed by atoms with Crippen LogP contribution in [-0.4, -0.2) is 10.9 Å². The molecule has 2 aromatic heterocycles. The molecule has 59 heavy (non-hydrogen) atoms. The van der Waals surface area contributed by atoms with Gasteiger partial charge in [-0.3, -0.25) is 0 Å². The molecule has 0 unspecified atom stereocenters. The molecule has 2 aliphatic rings. The molecular formula is C54H40N4O. The van der Waals surface area contributed by atoms with Gasteiger partial charge in [0.15, 0.2) is 5.42 Å². The van der Waals surface area contributed by atoms with Crippen LogP contribution in [0.4, 0.5) is 11.4 Å². The van der Waals surface area contributed by atoms with E-state index in [1.54, 1.807) is 6.34 Å². The van der Waals surface area contributed by atoms with E-state index in [1.807, 2.05) is 24.3 Å². The summed E-state index contributed by atoms with van der Waals surface area (Å²) in [7, 11) is 0. The third-order valence-electron chi connectivity index (χ3n) is 12.2. The normalized spacial score (nSPS) is 15.5. The molecule has 5 heteroatoms. The number of furan rings is 1. The van der Waals surface area contributed by atoms with Gasteiger partial charge in [0, 0.05) is 49.6 Å². The summed E-state index contributed by atoms with van der Waals surface area (Å²) in [5, 5.41) is 9.87. The number of allylic oxidation sites excluding steroid dienone is 5. The molecule has 0 fully saturated rings. The van der Waals surface area contributed by atoms with E-state index in [0.717, 1.165) is 71.9 Å². The second-order valence-electron chi connectivity index (χ2n) is 15.8. The molecule has 5 nitrogen and oxygen atoms in total. The van der Waals surface area contributed by atoms with Crippen molar-refractivity contribution in [1.29, 1.82) is 0 Å². The summed E-state index contributed by atoms with van der Waals surface area (Å²) in [5.74, 6) is 0. The lowest BCUT2D eigenvalue weighted by Crippen LogP contribution is -2.23. The second-order valence-corrected chi connectivity index (χ2v) is 15.8. The van der Waals surface area contributed by atoms with Crippen LogP contribution in [0.1, 0.15) is 37.5 Å². The maximum atomic E-state index is 6.83. The Morgan fingerprint density at radius 1 is 0.695 bits per heavy atom. The molecule has 0 spiro atoms. The zero-order valence-electron chi connectivity index (χ0n) is 33.1. The van der Waals surface area contributed by atoms with Gasteiger partial charge in [0.2, 0.25) is 0 Å². The molecule has 1 aliphatic carbocycles. The number of fused-ring (bicyclic) bond motifs is 12. The van der Waals surface area contributed by atoms with Crippen molar-refractivity contribution >= 4 is 72.5 Å². The van der Waals surface area contributed by atoms with Gasteiger partial charge < -0.3 is 14.3 Å². The van der Waals surface area contributed by atoms with Crippen LogP contribution >= 0.6 is 0 Å². The van der Waals surface area contributed by atoms with Gasteiger partial charge in [0.05, 0.1) is 23.1 Å². The Bertz CT molecular complexity index is 3460. The Labute approximate surface area is 342 Å². The summed E-state index contributed by atoms with van der Waals surface area (Å²) in [5.41, 5.74) is 14.9. The van der Waals surface area contributed by atoms with E-state index >= 15 is 0 Å². The van der Waals surface area contributed by atoms with E-state index in [2.05, 4.69) is 177 Å². The lowest BCUT2D eigenvalue weighted by molar-refractivity contribution is 0.569. The second kappa shape index (κ2) is 13.3. The highest BCUT2D eigenvalue weighted by molar-refractivity contribution is 6.10. The number of rotatable bonds is 4. The van der Waals surface area contributed by atoms with Crippen LogP contribution in [0.25, 0.3) is 71.6 Å². The maximum Gasteiger partial charge on any atom is 0.180 e. The van der Waals surface area contributed by atoms with Gasteiger partial charge in [-0.2, -0.15) is 0 Å². The van der Waals surface area contributed by atoms with Crippen LogP contribution in [0.5, 0.6) is 0 Å². The SMILES string of the molecule is C=CC1=C(/C=C\C)C(C)(C)c2c1ccc1cc3c(cc21)-c1ccccc1NC=N/C(c1ccc2c(c1)c1ccccc1n2-c1ccccc1)=c1/oc2ccccc2c1=N3. The molecule has 0 atom stereocenters. The Morgan fingerprint density at radius 3 is 2.31 bits per heavy atom. The number of nitrogens with zero attached hydrogens (tertiary/aromatic N) is 3. The molecule has 0 bridgehead atoms. The fourth-order valence-electron chi connectivity index (χ4n) is 9.54. The van der Waals surface area contributed by atoms with E-state index in [0.29, 0.717) is 11.1 Å². The van der Waals surface area contributed by atoms with E-state index in [4.69, 9.17) is 14.4 Å². The van der Waals surface area contributed by atoms with Gasteiger partial charge in [0.1, 0.15) is 16.6 Å². The van der Waals surface area contributed by atoms with Crippen LogP contribution < -0.4 is 16.1 Å². The number of hydrogen-bond donors (Lipinski definition) is 1. The van der Waals surface area contributed by atoms with Crippen molar-refractivity contribution in [3.05, 3.63) is 203 Å². The average Bonchev–Trinajstić information content (AvgIpc) is 3.86. The predicted molar refractivity (Wildman–Crippen MR) is 246 cm³/mol. The molecule has 0 amide bonds. The highest BCUT2D eigenvalue weighted by Crippen LogP contribution is 2.51. The summed E-state index contributed by atoms with van der Waals surface area (Å²) in [6.45, 7) is 11.0. The minimum absolute atomic E-state index is 0.236. The third-order valence-corrected chi connectivity index (χ3v) is 12.2. The maximum absolute atomic E-state index is 6.83. The van der Waals surface area contributed by atoms with Crippen LogP contribution in [-0.2, 0) is 5.41 Å². The van der Waals surface area contributed by atoms with Gasteiger partial charge in [-0.15, -0.1) is 0 Å². The summed E-state index contributed by atoms with van der Waals surface area (Å²) in [6, 6.07) is 51.3. The highest BCUT2D eigenvalue weighted by Gasteiger charge is 2.37. The third kappa shape index (κ3) is 5.24. The van der Waals surface area contributed by atoms with E-state index in [-0.39, 0.29) is 5.41 Å². The van der Waals surface area contributed by atoms with Gasteiger partial charge >= 0.3 is 0 Å². The lowest BCUT2D eigenvalue weighted by atomic mass is 9.78. The van der Waals surface area contributed by atoms with Crippen molar-refractivity contribution in [3.63, 3.8) is 0 Å². The molecule has 0 saturated heterocycles. The number of para-hydroxylation sites is 4. The molecule has 3 heterocycles. The van der Waals surface area contributed by atoms with E-state index < -0.39 is 0 Å². The van der Waals surface area contributed by atoms with E-state index in [9.17, 15) is 0 Å². The minimum Gasteiger partial charge on any atom is -0.452 e. The predicted octanol–water partition coefficient (Wildman–Crippen LogP) is 12.7. The Kier molecular flexibility index (Phi) is 7.82. The van der Waals surface area contributed by atoms with Gasteiger partial charge in [-0.1, -0.05) is 124 Å². The van der Waals surface area contributed by atoms with Crippen LogP contribution in [0.3, 0.4) is 0 Å². The highest BCUT2D eigenvalue weighted by atomic mass is 16.3. The quantitative estimate of drug-likeness (QED) is 0.194. The number of aliphatic imine (C=N–C) groups is 1. The van der Waals surface area contributed by atoms with Gasteiger partial charge in [-0.05, 0) is 101 Å². The Morgan fingerprint density at radius 2 is 1.46 bits per heavy atom. The summed E-state index contributed by atoms with van der Waals surface area (Å²) >= 11 is 0. The van der Waals surface area contributed by atoms with Gasteiger partial charge in [0.25, 0.3) is 0 Å². The molecule has 1 N–H and O–H groups in total. The standard InChI is InChI=1S/C54H40N4O/c1-5-16-44-36(6-2)39-27-25-33-30-46-42(31-41(33)50(39)54(44,3)4)37-19-10-13-22-45(37)55-32-56-51(53-52(57-46)40-21-12-15-24-49(40)59-53)34-26-28-48-43(29-34)38-20-11-14-23-47(38)58(48)35-17-8-7-9-18-35/h5-32H,2H2,1,3-4H3,(H,55,56)/b16-5-,53-51+,57-52?. The zero-order valence-corrected chi connectivity index (χ0v) is 33.1. The zero-order chi connectivity index (χ0) is 39.8. The minimum atomic E-state index is -0.236. The summed E-state index contributed by atoms with van der Waals surface area (Å²) in [6.07, 6.45) is 8.16. The molecular weight excluding hydrogens is 721 g/mol. The largest absolute Gasteiger partial charge is 0.452 e. The molecule has 7 aromatic carbocycles. The van der Waals surface area contributed by atoms with Crippen LogP contribution in [0, 0.1) is 0 Å². The van der Waals surface area contributed by atoms with Crippen molar-refractivity contribution in [3.8, 4) is 16.8 Å². The molecule has 282 valence electrons. The van der Waals surface area contributed by atoms with Gasteiger partial charge in [-0.25, -0.2) is 9.98 Å². The number of anilines is 1. The van der Waals surface area contributed by atoms with Crippen molar-refractivity contribution in [2.75, 3.05) is 5.32 Å². The average molecular weight is 761 g/mol. The van der Waals surface area contributed by atoms with Crippen molar-refractivity contribution < 1.29 is 4.42 Å². The first-order valence-electron chi connectivity index (χ1n) is 20.1. The Hall–Kier alpha value is -7.50. The van der Waals surface area contributed by atoms with Crippen molar-refractivity contribution in [2.24, 2.45) is 9.98 Å². The molecule has 1 aliphatic heterocycles. The van der Waals surface area contributed by atoms with Crippen LogP contribution in [0.2, 0.25) is 0 Å². The molecule has 9 aromatic rings. The van der Waals surface area contributed by atoms with Crippen molar-refractivity contribution in [1.82, 2.24) is 4.57 Å². The van der Waals surface area contributed by atoms with Crippen LogP contribution in [0.15, 0.2) is 190 Å². The smallest absolute Gasteiger partial charge is 0.180 e. The van der Waals surface area contributed by atoms with E-state index in [1.165, 1.54) is 33.0 Å². The number of aromatic nitrogens is 1. The monoisotopic (exact) mass is 760 g/mol. The molecule has 11 rings (SSSR count). The Balaban J connectivity index is 1.22. The first kappa shape index (κ1) is 34.7. The first-order chi connectivity index (χ1) is 28.9. The summed E-state index contributed by atoms with van der Waals surface area (Å²) in [4.78, 5) is 10.8. The lowest BCUT2D eigenvalue weighted by Gasteiger charge is -2.25. The fourth-order valence-corrected chi connectivity index (χ4v) is 9.54.